The Morgan fingerprint density at radius 1 is 0.750 bits per heavy atom. The van der Waals surface area contributed by atoms with Crippen LogP contribution in [-0.2, 0) is 20.1 Å². The molecule has 0 aromatic rings. The molecule has 0 radical (unpaired) electrons. The average Bonchev–Trinajstić information content (AvgIpc) is 0. The van der Waals surface area contributed by atoms with E-state index in [1.807, 2.05) is 0 Å². The minimum Gasteiger partial charge on any atom is -0.693 e. The molecule has 30 valence electrons. The van der Waals surface area contributed by atoms with Crippen LogP contribution >= 0.6 is 0 Å². The van der Waals surface area contributed by atoms with Crippen LogP contribution < -0.4 is 0 Å². The van der Waals surface area contributed by atoms with Crippen LogP contribution in [0.15, 0.2) is 0 Å². The number of rotatable bonds is 0. The molecule has 0 bridgehead atoms. The normalized spacial score (nSPS) is 0. The summed E-state index contributed by atoms with van der Waals surface area (Å²) < 4.78 is 0. The maximum absolute atomic E-state index is 0. The molecule has 0 saturated carbocycles. The molecule has 4 heavy (non-hydrogen) atoms. The molecule has 0 amide bonds. The molecule has 0 aromatic carbocycles. The maximum atomic E-state index is 0. The van der Waals surface area contributed by atoms with Crippen LogP contribution in [-0.4, -0.2) is 0 Å². The summed E-state index contributed by atoms with van der Waals surface area (Å²) in [5.74, 6) is 0. The molecule has 0 aromatic heterocycles. The Labute approximate surface area is 41.7 Å². The third kappa shape index (κ3) is 18.2. The average molecular weight is 238 g/mol. The Hall–Kier alpha value is 0.609. The van der Waals surface area contributed by atoms with E-state index in [0.29, 0.717) is 0 Å². The van der Waals surface area contributed by atoms with Crippen molar-refractivity contribution in [3.63, 3.8) is 0 Å². The van der Waals surface area contributed by atoms with Gasteiger partial charge in [-0.1, -0.05) is 0 Å². The molecule has 0 fully saturated rings. The van der Waals surface area contributed by atoms with Gasteiger partial charge in [-0.25, -0.2) is 0 Å². The van der Waals surface area contributed by atoms with E-state index < -0.39 is 0 Å². The number of hydrogen-bond donors (Lipinski definition) is 0. The zero-order valence-electron chi connectivity index (χ0n) is 2.91. The van der Waals surface area contributed by atoms with E-state index in [0.717, 1.165) is 0 Å². The first-order chi connectivity index (χ1) is 0. The van der Waals surface area contributed by atoms with Gasteiger partial charge < -0.3 is 21.0 Å². The predicted molar refractivity (Wildman–Crippen MR) is 18.1 cm³/mol. The number of nitrogens with two attached hydrogens (primary N) is 1. The van der Waals surface area contributed by atoms with Crippen molar-refractivity contribution in [2.75, 3.05) is 0 Å². The zero-order chi connectivity index (χ0) is 0. The van der Waals surface area contributed by atoms with Crippen LogP contribution in [0.25, 0.3) is 6.15 Å². The molecule has 0 unspecified atom stereocenters. The molecule has 0 aliphatic heterocycles. The van der Waals surface area contributed by atoms with Crippen molar-refractivity contribution in [3.8, 4) is 0 Å². The first-order valence-electron chi connectivity index (χ1n) is 0. The largest absolute Gasteiger partial charge is 3.00 e. The van der Waals surface area contributed by atoms with E-state index in [2.05, 4.69) is 0 Å². The van der Waals surface area contributed by atoms with Crippen molar-refractivity contribution in [1.29, 1.82) is 0 Å². The summed E-state index contributed by atoms with van der Waals surface area (Å²) in [7, 11) is 0. The van der Waals surface area contributed by atoms with Gasteiger partial charge >= 0.3 is 20.1 Å². The minimum absolute atomic E-state index is 0. The Morgan fingerprint density at radius 3 is 0.750 bits per heavy atom. The monoisotopic (exact) mass is 239 g/mol. The summed E-state index contributed by atoms with van der Waals surface area (Å²) in [6.07, 6.45) is 0. The topological polar surface area (TPSA) is 33.5 Å². The van der Waals surface area contributed by atoms with Crippen LogP contribution in [0, 0.1) is 14.9 Å². The van der Waals surface area contributed by atoms with Gasteiger partial charge in [0, 0.05) is 0 Å². The minimum atomic E-state index is 0. The van der Waals surface area contributed by atoms with Gasteiger partial charge in [0.2, 0.25) is 0 Å². The fourth-order valence-electron chi connectivity index (χ4n) is 0. The van der Waals surface area contributed by atoms with E-state index in [4.69, 9.17) is 0 Å². The van der Waals surface area contributed by atoms with Crippen molar-refractivity contribution < 1.29 is 20.1 Å². The first-order valence-corrected chi connectivity index (χ1v) is 0. The second kappa shape index (κ2) is 66.2. The van der Waals surface area contributed by atoms with E-state index in [1.54, 1.807) is 0 Å². The van der Waals surface area contributed by atoms with E-state index in [1.165, 1.54) is 0 Å². The molecule has 0 rings (SSSR count). The van der Waals surface area contributed by atoms with E-state index in [-0.39, 0.29) is 41.1 Å². The van der Waals surface area contributed by atoms with Crippen LogP contribution in [0.4, 0.5) is 0 Å². The predicted octanol–water partition coefficient (Wildman–Crippen LogP) is 1.62. The molecule has 1 nitrogen and oxygen atoms in total. The molecule has 2 N–H and O–H groups in total. The van der Waals surface area contributed by atoms with E-state index >= 15 is 0 Å². The summed E-state index contributed by atoms with van der Waals surface area (Å²) in [6, 6.07) is 0. The molecule has 0 spiro atoms. The Bertz CT molecular complexity index is 6.00. The molecule has 2 heteroatoms. The Balaban J connectivity index is 0. The van der Waals surface area contributed by atoms with Crippen LogP contribution in [0.2, 0.25) is 0 Å². The third-order valence-corrected chi connectivity index (χ3v) is 0. The van der Waals surface area contributed by atoms with Crippen molar-refractivity contribution in [2.45, 2.75) is 0 Å². The summed E-state index contributed by atoms with van der Waals surface area (Å²) in [6.45, 7) is 0. The standard InChI is InChI=1S/2CH3.Ir.H2N/h2*1H3;;1H2/q2*-1;+3;-1. The molecule has 0 saturated heterocycles. The van der Waals surface area contributed by atoms with Gasteiger partial charge in [-0.15, -0.1) is 0 Å². The summed E-state index contributed by atoms with van der Waals surface area (Å²) in [5, 5.41) is 0. The van der Waals surface area contributed by atoms with Gasteiger partial charge in [0.25, 0.3) is 0 Å². The fourth-order valence-corrected chi connectivity index (χ4v) is 0. The van der Waals surface area contributed by atoms with Crippen LogP contribution in [0.3, 0.4) is 0 Å². The molecule has 0 aliphatic rings. The van der Waals surface area contributed by atoms with Gasteiger partial charge in [-0.05, 0) is 0 Å². The molecular formula is C2H8IrN. The van der Waals surface area contributed by atoms with Crippen molar-refractivity contribution in [3.05, 3.63) is 21.0 Å². The van der Waals surface area contributed by atoms with E-state index in [9.17, 15) is 0 Å². The maximum Gasteiger partial charge on any atom is 3.00 e. The SMILES string of the molecule is [CH3-].[CH3-].[Ir+3].[NH2-]. The summed E-state index contributed by atoms with van der Waals surface area (Å²) >= 11 is 0. The number of hydrogen-bond acceptors (Lipinski definition) is 0. The van der Waals surface area contributed by atoms with Crippen molar-refractivity contribution >= 4 is 0 Å². The molecular weight excluding hydrogens is 230 g/mol. The summed E-state index contributed by atoms with van der Waals surface area (Å²) in [4.78, 5) is 0. The van der Waals surface area contributed by atoms with Crippen molar-refractivity contribution in [1.82, 2.24) is 0 Å². The second-order valence-corrected chi connectivity index (χ2v) is 0. The fraction of sp³-hybridized carbons (Fsp3) is 0. The van der Waals surface area contributed by atoms with Gasteiger partial charge in [-0.2, -0.15) is 0 Å². The van der Waals surface area contributed by atoms with Gasteiger partial charge in [0.05, 0.1) is 0 Å². The molecule has 0 aliphatic carbocycles. The molecule has 0 heterocycles. The first kappa shape index (κ1) is 162. The van der Waals surface area contributed by atoms with Crippen LogP contribution in [0.1, 0.15) is 0 Å². The quantitative estimate of drug-likeness (QED) is 0.575. The van der Waals surface area contributed by atoms with Gasteiger partial charge in [-0.3, -0.25) is 0 Å². The van der Waals surface area contributed by atoms with Crippen LogP contribution in [0.5, 0.6) is 0 Å². The van der Waals surface area contributed by atoms with Crippen molar-refractivity contribution in [2.24, 2.45) is 0 Å². The zero-order valence-corrected chi connectivity index (χ0v) is 5.31. The molecule has 0 atom stereocenters. The summed E-state index contributed by atoms with van der Waals surface area (Å²) in [5.41, 5.74) is 0. The van der Waals surface area contributed by atoms with Gasteiger partial charge in [0.1, 0.15) is 0 Å². The smallest absolute Gasteiger partial charge is 0.693 e. The Morgan fingerprint density at radius 2 is 0.750 bits per heavy atom. The van der Waals surface area contributed by atoms with Gasteiger partial charge in [0.15, 0.2) is 0 Å². The second-order valence-electron chi connectivity index (χ2n) is 0. The third-order valence-electron chi connectivity index (χ3n) is 0. The Kier molecular flexibility index (Phi) is 2680.